The van der Waals surface area contributed by atoms with Crippen LogP contribution in [0.25, 0.3) is 0 Å². The van der Waals surface area contributed by atoms with Crippen molar-refractivity contribution in [3.63, 3.8) is 0 Å². The molecule has 1 radical (unpaired) electrons. The van der Waals surface area contributed by atoms with Gasteiger partial charge in [-0.2, -0.15) is 11.1 Å². The topological polar surface area (TPSA) is 0 Å². The van der Waals surface area contributed by atoms with E-state index in [9.17, 15) is 0 Å². The van der Waals surface area contributed by atoms with E-state index in [0.717, 1.165) is 0 Å². The van der Waals surface area contributed by atoms with Crippen molar-refractivity contribution in [2.75, 3.05) is 0 Å². The molecule has 1 rings (SSSR count). The van der Waals surface area contributed by atoms with Crippen LogP contribution >= 0.6 is 0 Å². The van der Waals surface area contributed by atoms with Gasteiger partial charge in [-0.05, 0) is 0 Å². The first-order chi connectivity index (χ1) is 4.45. The maximum atomic E-state index is 3.44. The van der Waals surface area contributed by atoms with Crippen LogP contribution in [0.5, 0.6) is 0 Å². The van der Waals surface area contributed by atoms with Gasteiger partial charge in [0.2, 0.25) is 0 Å². The van der Waals surface area contributed by atoms with E-state index in [0.29, 0.717) is 0 Å². The predicted octanol–water partition coefficient (Wildman–Crippen LogP) is 3.33. The molecular formula is C10H17Ru-2. The molecular weight excluding hydrogens is 221 g/mol. The maximum absolute atomic E-state index is 3.44. The van der Waals surface area contributed by atoms with Gasteiger partial charge >= 0.3 is 19.5 Å². The van der Waals surface area contributed by atoms with Crippen molar-refractivity contribution < 1.29 is 22.3 Å². The van der Waals surface area contributed by atoms with E-state index in [-0.39, 0.29) is 27.7 Å². The third-order valence-corrected chi connectivity index (χ3v) is 2.56. The molecule has 1 aliphatic carbocycles. The molecule has 11 heavy (non-hydrogen) atoms. The van der Waals surface area contributed by atoms with E-state index < -0.39 is 0 Å². The van der Waals surface area contributed by atoms with E-state index >= 15 is 0 Å². The number of allylic oxidation sites excluding steroid dienone is 4. The zero-order chi connectivity index (χ0) is 7.94. The Balaban J connectivity index is -0.000000333. The summed E-state index contributed by atoms with van der Waals surface area (Å²) in [5, 5.41) is 0. The molecule has 0 aromatic heterocycles. The molecule has 0 atom stereocenters. The van der Waals surface area contributed by atoms with E-state index in [4.69, 9.17) is 0 Å². The van der Waals surface area contributed by atoms with Crippen LogP contribution in [-0.4, -0.2) is 0 Å². The molecule has 0 amide bonds. The number of rotatable bonds is 0. The summed E-state index contributed by atoms with van der Waals surface area (Å²) in [5.41, 5.74) is 4.39. The molecule has 0 aromatic rings. The van der Waals surface area contributed by atoms with Crippen molar-refractivity contribution in [3.05, 3.63) is 22.8 Å². The summed E-state index contributed by atoms with van der Waals surface area (Å²) >= 11 is 0. The molecule has 1 heteroatoms. The maximum Gasteiger partial charge on any atom is 1.00 e. The minimum atomic E-state index is 0. The predicted molar refractivity (Wildman–Crippen MR) is 46.8 cm³/mol. The Kier molecular flexibility index (Phi) is 3.26. The van der Waals surface area contributed by atoms with Gasteiger partial charge in [-0.1, -0.05) is 33.1 Å². The first kappa shape index (κ1) is 11.1. The number of hydrogen-bond acceptors (Lipinski definition) is 0. The standard InChI is InChI=1S/C10H15.Ru.2H/c1-7-6-10(4,5)9(3)8(7)2;;;/h1-5H3;;;/q-1;+1;2*-1. The molecule has 0 unspecified atom stereocenters. The second-order valence-corrected chi connectivity index (χ2v) is 3.62. The Labute approximate surface area is 85.5 Å². The molecule has 0 aromatic carbocycles. The fourth-order valence-corrected chi connectivity index (χ4v) is 1.41. The smallest absolute Gasteiger partial charge is 1.00 e. The van der Waals surface area contributed by atoms with Crippen LogP contribution in [0.1, 0.15) is 37.5 Å². The minimum absolute atomic E-state index is 0. The molecule has 0 nitrogen and oxygen atoms in total. The third-order valence-electron chi connectivity index (χ3n) is 2.56. The van der Waals surface area contributed by atoms with Gasteiger partial charge in [-0.15, -0.1) is 6.92 Å². The van der Waals surface area contributed by atoms with Gasteiger partial charge in [0.25, 0.3) is 0 Å². The quantitative estimate of drug-likeness (QED) is 0.448. The van der Waals surface area contributed by atoms with E-state index in [1.165, 1.54) is 16.7 Å². The summed E-state index contributed by atoms with van der Waals surface area (Å²) in [6, 6.07) is 0. The van der Waals surface area contributed by atoms with Gasteiger partial charge in [-0.25, -0.2) is 5.57 Å². The van der Waals surface area contributed by atoms with Crippen LogP contribution in [0.3, 0.4) is 0 Å². The summed E-state index contributed by atoms with van der Waals surface area (Å²) in [4.78, 5) is 0. The second kappa shape index (κ2) is 3.23. The second-order valence-electron chi connectivity index (χ2n) is 3.62. The molecule has 1 aliphatic rings. The molecule has 0 N–H and O–H groups in total. The van der Waals surface area contributed by atoms with Crippen LogP contribution < -0.4 is 0 Å². The Bertz CT molecular complexity index is 227. The van der Waals surface area contributed by atoms with Crippen molar-refractivity contribution in [1.29, 1.82) is 0 Å². The summed E-state index contributed by atoms with van der Waals surface area (Å²) in [5.74, 6) is 0. The molecule has 0 saturated heterocycles. The molecule has 0 aliphatic heterocycles. The van der Waals surface area contributed by atoms with E-state index in [1.54, 1.807) is 0 Å². The van der Waals surface area contributed by atoms with Crippen molar-refractivity contribution in [3.8, 4) is 0 Å². The van der Waals surface area contributed by atoms with Gasteiger partial charge < -0.3 is 2.85 Å². The molecule has 0 bridgehead atoms. The minimum Gasteiger partial charge on any atom is -1.00 e. The van der Waals surface area contributed by atoms with Gasteiger partial charge in [0.05, 0.1) is 0 Å². The first-order valence-electron chi connectivity index (χ1n) is 3.75. The van der Waals surface area contributed by atoms with Crippen LogP contribution in [0.4, 0.5) is 0 Å². The summed E-state index contributed by atoms with van der Waals surface area (Å²) < 4.78 is 0. The SMILES string of the molecule is CC1=[C-]C(C)(C)C(C)=C1C.[H-].[H-].[Ru+]. The normalized spacial score (nSPS) is 21.4. The van der Waals surface area contributed by atoms with E-state index in [2.05, 4.69) is 40.7 Å². The summed E-state index contributed by atoms with van der Waals surface area (Å²) in [6.07, 6.45) is 3.44. The molecule has 0 spiro atoms. The average molecular weight is 238 g/mol. The fraction of sp³-hybridized carbons (Fsp3) is 0.600. The van der Waals surface area contributed by atoms with Gasteiger partial charge in [0, 0.05) is 0 Å². The van der Waals surface area contributed by atoms with E-state index in [1.807, 2.05) is 0 Å². The molecule has 0 fully saturated rings. The Morgan fingerprint density at radius 2 is 1.64 bits per heavy atom. The molecule has 0 saturated carbocycles. The van der Waals surface area contributed by atoms with Crippen LogP contribution in [0.15, 0.2) is 16.7 Å². The first-order valence-corrected chi connectivity index (χ1v) is 3.75. The van der Waals surface area contributed by atoms with Crippen molar-refractivity contribution in [2.24, 2.45) is 5.41 Å². The molecule has 0 heterocycles. The number of hydrogen-bond donors (Lipinski definition) is 0. The van der Waals surface area contributed by atoms with Crippen molar-refractivity contribution >= 4 is 0 Å². The summed E-state index contributed by atoms with van der Waals surface area (Å²) in [6.45, 7) is 10.9. The van der Waals surface area contributed by atoms with Gasteiger partial charge in [-0.3, -0.25) is 6.08 Å². The van der Waals surface area contributed by atoms with Crippen LogP contribution in [-0.2, 0) is 19.5 Å². The fourth-order valence-electron chi connectivity index (χ4n) is 1.41. The average Bonchev–Trinajstić information content (AvgIpc) is 1.95. The Hall–Kier alpha value is 0.103. The van der Waals surface area contributed by atoms with Gasteiger partial charge in [0.1, 0.15) is 0 Å². The zero-order valence-electron chi connectivity index (χ0n) is 9.85. The Morgan fingerprint density at radius 1 is 1.18 bits per heavy atom. The van der Waals surface area contributed by atoms with Crippen LogP contribution in [0, 0.1) is 11.5 Å². The monoisotopic (exact) mass is 239 g/mol. The van der Waals surface area contributed by atoms with Crippen molar-refractivity contribution in [2.45, 2.75) is 34.6 Å². The molecule has 67 valence electrons. The van der Waals surface area contributed by atoms with Gasteiger partial charge in [0.15, 0.2) is 0 Å². The van der Waals surface area contributed by atoms with Crippen molar-refractivity contribution in [1.82, 2.24) is 0 Å². The third kappa shape index (κ3) is 1.82. The Morgan fingerprint density at radius 3 is 1.73 bits per heavy atom. The van der Waals surface area contributed by atoms with Crippen LogP contribution in [0.2, 0.25) is 0 Å². The zero-order valence-corrected chi connectivity index (χ0v) is 9.59. The summed E-state index contributed by atoms with van der Waals surface area (Å²) in [7, 11) is 0. The largest absolute Gasteiger partial charge is 1.00 e.